The molecule has 1 unspecified atom stereocenters. The Bertz CT molecular complexity index is 1560. The molecule has 182 valence electrons. The number of hydrogen-bond acceptors (Lipinski definition) is 7. The number of ether oxygens (including phenoxy) is 1. The van der Waals surface area contributed by atoms with E-state index in [0.29, 0.717) is 28.3 Å². The topological polar surface area (TPSA) is 119 Å². The van der Waals surface area contributed by atoms with Crippen LogP contribution in [0.25, 0.3) is 32.8 Å². The van der Waals surface area contributed by atoms with Gasteiger partial charge in [0.1, 0.15) is 5.82 Å². The van der Waals surface area contributed by atoms with Gasteiger partial charge in [-0.2, -0.15) is 17.8 Å². The summed E-state index contributed by atoms with van der Waals surface area (Å²) in [6, 6.07) is 6.77. The van der Waals surface area contributed by atoms with Crippen LogP contribution in [0.15, 0.2) is 53.8 Å². The van der Waals surface area contributed by atoms with Gasteiger partial charge in [-0.25, -0.2) is 4.98 Å². The molecule has 1 aliphatic rings. The molecule has 11 heteroatoms. The van der Waals surface area contributed by atoms with Gasteiger partial charge >= 0.3 is 10.2 Å². The summed E-state index contributed by atoms with van der Waals surface area (Å²) in [6.07, 6.45) is 9.45. The molecular weight excluding hydrogens is 468 g/mol. The SMILES string of the molecule is CN(CC1CCCCO1)S(=O)(=O)Nc1cc2c(=O)c3cc(-c4cnn(C)c4)cnc3ccc2cn1. The second-order valence-electron chi connectivity index (χ2n) is 8.75. The summed E-state index contributed by atoms with van der Waals surface area (Å²) < 4.78 is 36.8. The van der Waals surface area contributed by atoms with Gasteiger partial charge in [-0.1, -0.05) is 6.07 Å². The maximum Gasteiger partial charge on any atom is 0.302 e. The predicted molar refractivity (Wildman–Crippen MR) is 134 cm³/mol. The normalized spacial score (nSPS) is 16.7. The maximum atomic E-state index is 13.5. The fraction of sp³-hybridized carbons (Fsp3) is 0.333. The van der Waals surface area contributed by atoms with Crippen LogP contribution in [0.2, 0.25) is 0 Å². The van der Waals surface area contributed by atoms with Gasteiger partial charge in [0, 0.05) is 73.1 Å². The van der Waals surface area contributed by atoms with Crippen molar-refractivity contribution in [1.82, 2.24) is 24.1 Å². The first kappa shape index (κ1) is 23.3. The lowest BCUT2D eigenvalue weighted by atomic mass is 10.1. The molecule has 1 N–H and O–H groups in total. The summed E-state index contributed by atoms with van der Waals surface area (Å²) in [7, 11) is -0.558. The summed E-state index contributed by atoms with van der Waals surface area (Å²) in [4.78, 5) is 22.2. The Morgan fingerprint density at radius 1 is 1.11 bits per heavy atom. The number of pyridine rings is 2. The van der Waals surface area contributed by atoms with Crippen molar-refractivity contribution in [2.75, 3.05) is 24.9 Å². The molecule has 1 aliphatic heterocycles. The first-order valence-corrected chi connectivity index (χ1v) is 12.8. The first-order chi connectivity index (χ1) is 16.8. The monoisotopic (exact) mass is 494 g/mol. The molecular formula is C24H26N6O4S. The molecule has 0 amide bonds. The molecule has 3 aromatic heterocycles. The summed E-state index contributed by atoms with van der Waals surface area (Å²) >= 11 is 0. The number of fused-ring (bicyclic) bond motifs is 2. The van der Waals surface area contributed by atoms with Crippen molar-refractivity contribution in [3.63, 3.8) is 0 Å². The fourth-order valence-electron chi connectivity index (χ4n) is 4.23. The zero-order valence-corrected chi connectivity index (χ0v) is 20.3. The molecule has 4 heterocycles. The highest BCUT2D eigenvalue weighted by atomic mass is 32.2. The van der Waals surface area contributed by atoms with Crippen molar-refractivity contribution in [3.05, 3.63) is 59.3 Å². The minimum atomic E-state index is -3.88. The molecule has 1 atom stereocenters. The Hall–Kier alpha value is -3.41. The average Bonchev–Trinajstić information content (AvgIpc) is 3.23. The van der Waals surface area contributed by atoms with Crippen molar-refractivity contribution in [2.45, 2.75) is 25.4 Å². The summed E-state index contributed by atoms with van der Waals surface area (Å²) in [5, 5.41) is 5.53. The molecule has 0 bridgehead atoms. The number of aromatic nitrogens is 4. The maximum absolute atomic E-state index is 13.5. The van der Waals surface area contributed by atoms with Crippen molar-refractivity contribution in [1.29, 1.82) is 0 Å². The second-order valence-corrected chi connectivity index (χ2v) is 10.5. The Balaban J connectivity index is 1.50. The lowest BCUT2D eigenvalue weighted by Gasteiger charge is -2.27. The Morgan fingerprint density at radius 2 is 1.97 bits per heavy atom. The van der Waals surface area contributed by atoms with Crippen LogP contribution in [0, 0.1) is 0 Å². The average molecular weight is 495 g/mol. The van der Waals surface area contributed by atoms with Crippen LogP contribution in [0.1, 0.15) is 19.3 Å². The third-order valence-electron chi connectivity index (χ3n) is 6.18. The van der Waals surface area contributed by atoms with Crippen LogP contribution >= 0.6 is 0 Å². The van der Waals surface area contributed by atoms with Crippen LogP contribution < -0.4 is 10.2 Å². The van der Waals surface area contributed by atoms with Gasteiger partial charge in [-0.3, -0.25) is 19.2 Å². The molecule has 0 spiro atoms. The number of rotatable bonds is 6. The number of anilines is 1. The third kappa shape index (κ3) is 4.88. The van der Waals surface area contributed by atoms with Crippen LogP contribution in [0.3, 0.4) is 0 Å². The van der Waals surface area contributed by atoms with Gasteiger partial charge in [0.2, 0.25) is 0 Å². The van der Waals surface area contributed by atoms with Gasteiger partial charge in [0.25, 0.3) is 0 Å². The van der Waals surface area contributed by atoms with E-state index in [2.05, 4.69) is 19.8 Å². The van der Waals surface area contributed by atoms with E-state index in [0.717, 1.165) is 30.4 Å². The number of aryl methyl sites for hydroxylation is 1. The number of nitrogens with one attached hydrogen (secondary N) is 1. The highest BCUT2D eigenvalue weighted by Crippen LogP contribution is 2.23. The zero-order chi connectivity index (χ0) is 24.6. The van der Waals surface area contributed by atoms with Gasteiger partial charge < -0.3 is 4.74 Å². The summed E-state index contributed by atoms with van der Waals surface area (Å²) in [6.45, 7) is 0.894. The summed E-state index contributed by atoms with van der Waals surface area (Å²) in [5.41, 5.74) is 1.89. The van der Waals surface area contributed by atoms with Crippen LogP contribution in [-0.4, -0.2) is 58.8 Å². The fourth-order valence-corrected chi connectivity index (χ4v) is 5.12. The van der Waals surface area contributed by atoms with E-state index in [1.165, 1.54) is 23.6 Å². The van der Waals surface area contributed by atoms with Crippen LogP contribution in [-0.2, 0) is 22.0 Å². The Morgan fingerprint density at radius 3 is 2.71 bits per heavy atom. The molecule has 4 aromatic rings. The molecule has 10 nitrogen and oxygen atoms in total. The first-order valence-electron chi connectivity index (χ1n) is 11.4. The number of likely N-dealkylation sites (N-methyl/N-ethyl adjacent to an activating group) is 1. The van der Waals surface area contributed by atoms with Gasteiger partial charge in [-0.15, -0.1) is 0 Å². The lowest BCUT2D eigenvalue weighted by Crippen LogP contribution is -2.40. The summed E-state index contributed by atoms with van der Waals surface area (Å²) in [5.74, 6) is 0.0711. The van der Waals surface area contributed by atoms with E-state index < -0.39 is 10.2 Å². The minimum absolute atomic E-state index is 0.0711. The standard InChI is InChI=1S/C24H26N6O4S/c1-29-14-18(13-27-29)17-9-21-22(25-12-17)7-6-16-11-26-23(10-20(16)24(21)31)28-35(32,33)30(2)15-19-5-3-4-8-34-19/h6-7,9-14,19H,3-5,8,15H2,1-2H3,(H,26,28). The lowest BCUT2D eigenvalue weighted by molar-refractivity contribution is 0.00865. The van der Waals surface area contributed by atoms with Gasteiger partial charge in [0.05, 0.1) is 17.8 Å². The van der Waals surface area contributed by atoms with Crippen molar-refractivity contribution in [2.24, 2.45) is 7.05 Å². The molecule has 0 saturated carbocycles. The van der Waals surface area contributed by atoms with Crippen molar-refractivity contribution < 1.29 is 13.2 Å². The van der Waals surface area contributed by atoms with E-state index in [-0.39, 0.29) is 23.9 Å². The van der Waals surface area contributed by atoms with E-state index in [1.807, 2.05) is 13.2 Å². The minimum Gasteiger partial charge on any atom is -0.377 e. The molecule has 5 rings (SSSR count). The molecule has 35 heavy (non-hydrogen) atoms. The largest absolute Gasteiger partial charge is 0.377 e. The third-order valence-corrected chi connectivity index (χ3v) is 7.62. The Labute approximate surface area is 202 Å². The van der Waals surface area contributed by atoms with Gasteiger partial charge in [-0.05, 0) is 37.5 Å². The number of hydrogen-bond donors (Lipinski definition) is 1. The van der Waals surface area contributed by atoms with E-state index >= 15 is 0 Å². The zero-order valence-electron chi connectivity index (χ0n) is 19.5. The molecule has 1 saturated heterocycles. The smallest absolute Gasteiger partial charge is 0.302 e. The van der Waals surface area contributed by atoms with E-state index in [1.54, 1.807) is 35.3 Å². The second kappa shape index (κ2) is 9.33. The molecule has 1 aromatic carbocycles. The molecule has 0 aliphatic carbocycles. The van der Waals surface area contributed by atoms with E-state index in [9.17, 15) is 13.2 Å². The highest BCUT2D eigenvalue weighted by Gasteiger charge is 2.24. The molecule has 0 radical (unpaired) electrons. The van der Waals surface area contributed by atoms with Crippen molar-refractivity contribution in [3.8, 4) is 11.1 Å². The van der Waals surface area contributed by atoms with Gasteiger partial charge in [0.15, 0.2) is 5.43 Å². The van der Waals surface area contributed by atoms with Crippen LogP contribution in [0.4, 0.5) is 5.82 Å². The predicted octanol–water partition coefficient (Wildman–Crippen LogP) is 2.70. The Kier molecular flexibility index (Phi) is 6.22. The molecule has 1 fully saturated rings. The van der Waals surface area contributed by atoms with E-state index in [4.69, 9.17) is 4.74 Å². The highest BCUT2D eigenvalue weighted by molar-refractivity contribution is 7.90. The number of nitrogens with zero attached hydrogens (tertiary/aromatic N) is 5. The van der Waals surface area contributed by atoms with Crippen molar-refractivity contribution >= 4 is 37.7 Å². The quantitative estimate of drug-likeness (QED) is 0.438. The van der Waals surface area contributed by atoms with Crippen LogP contribution in [0.5, 0.6) is 0 Å².